The van der Waals surface area contributed by atoms with Crippen LogP contribution in [0.4, 0.5) is 4.39 Å². The lowest BCUT2D eigenvalue weighted by molar-refractivity contribution is -0.147. The van der Waals surface area contributed by atoms with E-state index in [0.717, 1.165) is 0 Å². The van der Waals surface area contributed by atoms with Crippen molar-refractivity contribution in [3.63, 3.8) is 0 Å². The Morgan fingerprint density at radius 3 is 2.74 bits per heavy atom. The van der Waals surface area contributed by atoms with Gasteiger partial charge in [0.15, 0.2) is 0 Å². The van der Waals surface area contributed by atoms with Crippen molar-refractivity contribution in [2.45, 2.75) is 25.3 Å². The van der Waals surface area contributed by atoms with Crippen LogP contribution in [0, 0.1) is 5.82 Å². The van der Waals surface area contributed by atoms with E-state index in [9.17, 15) is 19.1 Å². The third-order valence-electron chi connectivity index (χ3n) is 3.51. The second kappa shape index (κ2) is 4.92. The van der Waals surface area contributed by atoms with Crippen molar-refractivity contribution in [2.24, 2.45) is 0 Å². The standard InChI is InChI=1S/C13H13BrFNO3/c1-13(12(18)19)5-2-6-16(13)11(17)8-3-4-10(15)9(14)7-8/h3-4,7H,2,5-6H2,1H3,(H,18,19). The second-order valence-corrected chi connectivity index (χ2v) is 5.62. The number of rotatable bonds is 2. The smallest absolute Gasteiger partial charge is 0.329 e. The summed E-state index contributed by atoms with van der Waals surface area (Å²) >= 11 is 3.02. The van der Waals surface area contributed by atoms with E-state index in [4.69, 9.17) is 0 Å². The molecule has 0 aromatic heterocycles. The number of carboxylic acid groups (broad SMARTS) is 1. The van der Waals surface area contributed by atoms with Gasteiger partial charge < -0.3 is 10.0 Å². The monoisotopic (exact) mass is 329 g/mol. The summed E-state index contributed by atoms with van der Waals surface area (Å²) in [5.41, 5.74) is -0.902. The molecule has 1 aromatic carbocycles. The Hall–Kier alpha value is -1.43. The maximum Gasteiger partial charge on any atom is 0.329 e. The minimum Gasteiger partial charge on any atom is -0.480 e. The average Bonchev–Trinajstić information content (AvgIpc) is 2.75. The van der Waals surface area contributed by atoms with Crippen LogP contribution < -0.4 is 0 Å². The fraction of sp³-hybridized carbons (Fsp3) is 0.385. The molecule has 1 atom stereocenters. The van der Waals surface area contributed by atoms with E-state index >= 15 is 0 Å². The first-order valence-electron chi connectivity index (χ1n) is 5.86. The van der Waals surface area contributed by atoms with E-state index in [-0.39, 0.29) is 15.9 Å². The highest BCUT2D eigenvalue weighted by Gasteiger charge is 2.46. The van der Waals surface area contributed by atoms with Crippen molar-refractivity contribution >= 4 is 27.8 Å². The average molecular weight is 330 g/mol. The van der Waals surface area contributed by atoms with E-state index in [1.165, 1.54) is 23.1 Å². The first kappa shape index (κ1) is 14.0. The molecule has 0 saturated carbocycles. The zero-order chi connectivity index (χ0) is 14.2. The number of aliphatic carboxylic acids is 1. The molecular formula is C13H13BrFNO3. The fourth-order valence-electron chi connectivity index (χ4n) is 2.30. The third kappa shape index (κ3) is 2.36. The summed E-state index contributed by atoms with van der Waals surface area (Å²) in [6.07, 6.45) is 1.08. The molecule has 1 aromatic rings. The minimum absolute atomic E-state index is 0.189. The molecule has 6 heteroatoms. The predicted molar refractivity (Wildman–Crippen MR) is 70.4 cm³/mol. The third-order valence-corrected chi connectivity index (χ3v) is 4.12. The molecule has 19 heavy (non-hydrogen) atoms. The van der Waals surface area contributed by atoms with Crippen LogP contribution in [0.2, 0.25) is 0 Å². The van der Waals surface area contributed by atoms with Gasteiger partial charge in [-0.3, -0.25) is 4.79 Å². The molecular weight excluding hydrogens is 317 g/mol. The highest BCUT2D eigenvalue weighted by molar-refractivity contribution is 9.10. The van der Waals surface area contributed by atoms with Crippen molar-refractivity contribution in [2.75, 3.05) is 6.54 Å². The quantitative estimate of drug-likeness (QED) is 0.907. The van der Waals surface area contributed by atoms with Crippen LogP contribution in [0.5, 0.6) is 0 Å². The molecule has 1 aliphatic rings. The Labute approximate surface area is 118 Å². The van der Waals surface area contributed by atoms with Crippen molar-refractivity contribution in [1.82, 2.24) is 4.90 Å². The molecule has 102 valence electrons. The summed E-state index contributed by atoms with van der Waals surface area (Å²) in [4.78, 5) is 25.0. The predicted octanol–water partition coefficient (Wildman–Crippen LogP) is 2.67. The van der Waals surface area contributed by atoms with Gasteiger partial charge in [0.2, 0.25) is 0 Å². The number of halogens is 2. The van der Waals surface area contributed by atoms with E-state index < -0.39 is 17.3 Å². The molecule has 2 rings (SSSR count). The van der Waals surface area contributed by atoms with Gasteiger partial charge in [-0.15, -0.1) is 0 Å². The molecule has 0 bridgehead atoms. The van der Waals surface area contributed by atoms with Crippen molar-refractivity contribution in [3.05, 3.63) is 34.1 Å². The Morgan fingerprint density at radius 1 is 1.47 bits per heavy atom. The number of likely N-dealkylation sites (tertiary alicyclic amines) is 1. The number of hydrogen-bond donors (Lipinski definition) is 1. The van der Waals surface area contributed by atoms with Crippen molar-refractivity contribution in [3.8, 4) is 0 Å². The van der Waals surface area contributed by atoms with Gasteiger partial charge >= 0.3 is 5.97 Å². The summed E-state index contributed by atoms with van der Waals surface area (Å²) in [5, 5.41) is 9.27. The maximum atomic E-state index is 13.2. The Kier molecular flexibility index (Phi) is 3.62. The molecule has 1 amide bonds. The summed E-state index contributed by atoms with van der Waals surface area (Å²) in [5.74, 6) is -1.86. The normalized spacial score (nSPS) is 22.6. The van der Waals surface area contributed by atoms with E-state index in [1.807, 2.05) is 0 Å². The lowest BCUT2D eigenvalue weighted by Crippen LogP contribution is -2.50. The Morgan fingerprint density at radius 2 is 2.16 bits per heavy atom. The zero-order valence-corrected chi connectivity index (χ0v) is 11.9. The van der Waals surface area contributed by atoms with Gasteiger partial charge in [-0.05, 0) is 53.9 Å². The number of carboxylic acids is 1. The largest absolute Gasteiger partial charge is 0.480 e. The molecule has 0 spiro atoms. The van der Waals surface area contributed by atoms with Crippen LogP contribution in [0.25, 0.3) is 0 Å². The van der Waals surface area contributed by atoms with Gasteiger partial charge in [0, 0.05) is 12.1 Å². The highest BCUT2D eigenvalue weighted by atomic mass is 79.9. The molecule has 0 aliphatic carbocycles. The van der Waals surface area contributed by atoms with Gasteiger partial charge in [-0.1, -0.05) is 0 Å². The number of carbonyl (C=O) groups excluding carboxylic acids is 1. The van der Waals surface area contributed by atoms with Gasteiger partial charge in [0.25, 0.3) is 5.91 Å². The SMILES string of the molecule is CC1(C(=O)O)CCCN1C(=O)c1ccc(F)c(Br)c1. The molecule has 1 fully saturated rings. The molecule has 1 aliphatic heterocycles. The lowest BCUT2D eigenvalue weighted by atomic mass is 9.98. The van der Waals surface area contributed by atoms with Crippen LogP contribution in [-0.2, 0) is 4.79 Å². The first-order valence-corrected chi connectivity index (χ1v) is 6.66. The highest BCUT2D eigenvalue weighted by Crippen LogP contribution is 2.31. The number of carbonyl (C=O) groups is 2. The summed E-state index contributed by atoms with van der Waals surface area (Å²) < 4.78 is 13.3. The van der Waals surface area contributed by atoms with Gasteiger partial charge in [-0.2, -0.15) is 0 Å². The minimum atomic E-state index is -1.18. The number of hydrogen-bond acceptors (Lipinski definition) is 2. The molecule has 4 nitrogen and oxygen atoms in total. The van der Waals surface area contributed by atoms with Gasteiger partial charge in [-0.25, -0.2) is 9.18 Å². The van der Waals surface area contributed by atoms with E-state index in [0.29, 0.717) is 19.4 Å². The number of amides is 1. The van der Waals surface area contributed by atoms with E-state index in [1.54, 1.807) is 6.92 Å². The van der Waals surface area contributed by atoms with E-state index in [2.05, 4.69) is 15.9 Å². The molecule has 1 saturated heterocycles. The van der Waals surface area contributed by atoms with Crippen molar-refractivity contribution < 1.29 is 19.1 Å². The van der Waals surface area contributed by atoms with Crippen LogP contribution in [0.1, 0.15) is 30.1 Å². The molecule has 1 heterocycles. The topological polar surface area (TPSA) is 57.6 Å². The summed E-state index contributed by atoms with van der Waals surface area (Å²) in [6, 6.07) is 3.92. The first-order chi connectivity index (χ1) is 8.86. The van der Waals surface area contributed by atoms with Gasteiger partial charge in [0.05, 0.1) is 4.47 Å². The maximum absolute atomic E-state index is 13.2. The van der Waals surface area contributed by atoms with Gasteiger partial charge in [0.1, 0.15) is 11.4 Å². The van der Waals surface area contributed by atoms with Crippen LogP contribution in [-0.4, -0.2) is 34.0 Å². The zero-order valence-electron chi connectivity index (χ0n) is 10.3. The fourth-order valence-corrected chi connectivity index (χ4v) is 2.67. The Balaban J connectivity index is 2.33. The Bertz CT molecular complexity index is 549. The molecule has 1 unspecified atom stereocenters. The van der Waals surface area contributed by atoms with Crippen LogP contribution >= 0.6 is 15.9 Å². The summed E-state index contributed by atoms with van der Waals surface area (Å²) in [6.45, 7) is 1.94. The van der Waals surface area contributed by atoms with Crippen molar-refractivity contribution in [1.29, 1.82) is 0 Å². The second-order valence-electron chi connectivity index (χ2n) is 4.77. The molecule has 0 radical (unpaired) electrons. The van der Waals surface area contributed by atoms with Crippen LogP contribution in [0.15, 0.2) is 22.7 Å². The van der Waals surface area contributed by atoms with Crippen LogP contribution in [0.3, 0.4) is 0 Å². The number of nitrogens with zero attached hydrogens (tertiary/aromatic N) is 1. The number of benzene rings is 1. The molecule has 1 N–H and O–H groups in total. The lowest BCUT2D eigenvalue weighted by Gasteiger charge is -2.31. The summed E-state index contributed by atoms with van der Waals surface area (Å²) in [7, 11) is 0.